The van der Waals surface area contributed by atoms with E-state index in [1.54, 1.807) is 20.2 Å². The molecule has 0 aliphatic carbocycles. The van der Waals surface area contributed by atoms with E-state index in [0.29, 0.717) is 18.5 Å². The van der Waals surface area contributed by atoms with E-state index in [2.05, 4.69) is 0 Å². The fraction of sp³-hybridized carbons (Fsp3) is 0.733. The van der Waals surface area contributed by atoms with Crippen molar-refractivity contribution < 1.29 is 10.2 Å². The molecule has 0 saturated heterocycles. The van der Waals surface area contributed by atoms with Crippen LogP contribution in [0, 0.1) is 6.92 Å². The number of aryl methyl sites for hydroxylation is 2. The lowest BCUT2D eigenvalue weighted by Gasteiger charge is -2.09. The third-order valence-corrected chi connectivity index (χ3v) is 3.63. The van der Waals surface area contributed by atoms with Gasteiger partial charge in [-0.25, -0.2) is 4.79 Å². The monoisotopic (exact) mass is 298 g/mol. The molecule has 0 fully saturated rings. The Bertz CT molecular complexity index is 513. The zero-order chi connectivity index (χ0) is 15.8. The molecule has 0 aliphatic rings. The van der Waals surface area contributed by atoms with Gasteiger partial charge in [-0.2, -0.15) is 0 Å². The van der Waals surface area contributed by atoms with Crippen LogP contribution in [0.4, 0.5) is 0 Å². The first kappa shape index (κ1) is 17.7. The predicted octanol–water partition coefficient (Wildman–Crippen LogP) is 0.549. The number of hydrogen-bond acceptors (Lipinski definition) is 4. The van der Waals surface area contributed by atoms with Gasteiger partial charge in [0.05, 0.1) is 12.7 Å². The highest BCUT2D eigenvalue weighted by atomic mass is 16.3. The Morgan fingerprint density at radius 1 is 1.14 bits per heavy atom. The molecular weight excluding hydrogens is 272 g/mol. The van der Waals surface area contributed by atoms with E-state index < -0.39 is 6.10 Å². The maximum atomic E-state index is 11.9. The summed E-state index contributed by atoms with van der Waals surface area (Å²) in [6.07, 6.45) is 6.17. The molecule has 21 heavy (non-hydrogen) atoms. The van der Waals surface area contributed by atoms with Crippen molar-refractivity contribution in [1.82, 2.24) is 9.13 Å². The highest BCUT2D eigenvalue weighted by Gasteiger charge is 2.06. The minimum absolute atomic E-state index is 0.181. The Labute approximate surface area is 124 Å². The fourth-order valence-corrected chi connectivity index (χ4v) is 2.36. The first-order chi connectivity index (χ1) is 9.97. The average molecular weight is 298 g/mol. The number of aliphatic hydroxyl groups is 2. The molecule has 1 unspecified atom stereocenters. The lowest BCUT2D eigenvalue weighted by atomic mass is 10.1. The summed E-state index contributed by atoms with van der Waals surface area (Å²) in [6.45, 7) is 1.98. The molecule has 0 aliphatic heterocycles. The average Bonchev–Trinajstić information content (AvgIpc) is 2.47. The van der Waals surface area contributed by atoms with Gasteiger partial charge in [0.25, 0.3) is 5.56 Å². The van der Waals surface area contributed by atoms with Crippen LogP contribution < -0.4 is 11.2 Å². The molecule has 0 amide bonds. The van der Waals surface area contributed by atoms with Crippen LogP contribution in [0.1, 0.15) is 44.1 Å². The summed E-state index contributed by atoms with van der Waals surface area (Å²) in [6, 6.07) is 0. The van der Waals surface area contributed by atoms with Gasteiger partial charge in [0.1, 0.15) is 0 Å². The highest BCUT2D eigenvalue weighted by Crippen LogP contribution is 2.07. The normalized spacial score (nSPS) is 12.6. The number of nitrogens with zero attached hydrogens (tertiary/aromatic N) is 2. The minimum atomic E-state index is -0.612. The summed E-state index contributed by atoms with van der Waals surface area (Å²) in [5.74, 6) is 0. The second kappa shape index (κ2) is 8.79. The van der Waals surface area contributed by atoms with E-state index in [0.717, 1.165) is 32.1 Å². The van der Waals surface area contributed by atoms with Crippen molar-refractivity contribution in [2.75, 3.05) is 6.61 Å². The van der Waals surface area contributed by atoms with Crippen LogP contribution in [0.2, 0.25) is 0 Å². The van der Waals surface area contributed by atoms with Gasteiger partial charge >= 0.3 is 5.69 Å². The van der Waals surface area contributed by atoms with Gasteiger partial charge in [-0.3, -0.25) is 9.36 Å². The third-order valence-electron chi connectivity index (χ3n) is 3.63. The molecule has 120 valence electrons. The van der Waals surface area contributed by atoms with Gasteiger partial charge in [-0.15, -0.1) is 0 Å². The summed E-state index contributed by atoms with van der Waals surface area (Å²) in [5, 5.41) is 17.9. The Balaban J connectivity index is 2.34. The second-order valence-electron chi connectivity index (χ2n) is 5.56. The molecule has 1 aromatic rings. The molecule has 0 spiro atoms. The molecule has 6 heteroatoms. The Morgan fingerprint density at radius 3 is 2.43 bits per heavy atom. The van der Waals surface area contributed by atoms with E-state index >= 15 is 0 Å². The summed E-state index contributed by atoms with van der Waals surface area (Å²) >= 11 is 0. The number of hydrogen-bond donors (Lipinski definition) is 2. The van der Waals surface area contributed by atoms with Gasteiger partial charge in [0, 0.05) is 25.4 Å². The highest BCUT2D eigenvalue weighted by molar-refractivity contribution is 5.02. The minimum Gasteiger partial charge on any atom is -0.394 e. The van der Waals surface area contributed by atoms with E-state index in [-0.39, 0.29) is 17.9 Å². The van der Waals surface area contributed by atoms with Crippen molar-refractivity contribution in [3.63, 3.8) is 0 Å². The smallest absolute Gasteiger partial charge is 0.330 e. The van der Waals surface area contributed by atoms with Gasteiger partial charge in [0.15, 0.2) is 0 Å². The molecule has 0 aromatic carbocycles. The largest absolute Gasteiger partial charge is 0.394 e. The van der Waals surface area contributed by atoms with Crippen molar-refractivity contribution in [1.29, 1.82) is 0 Å². The van der Waals surface area contributed by atoms with Crippen LogP contribution in [-0.2, 0) is 13.6 Å². The van der Waals surface area contributed by atoms with E-state index in [1.165, 1.54) is 9.13 Å². The Kier molecular flexibility index (Phi) is 7.39. The first-order valence-corrected chi connectivity index (χ1v) is 7.53. The van der Waals surface area contributed by atoms with Crippen molar-refractivity contribution in [2.24, 2.45) is 7.05 Å². The molecule has 1 aromatic heterocycles. The molecule has 0 radical (unpaired) electrons. The molecule has 0 bridgehead atoms. The van der Waals surface area contributed by atoms with Crippen LogP contribution in [-0.4, -0.2) is 32.1 Å². The topological polar surface area (TPSA) is 84.5 Å². The van der Waals surface area contributed by atoms with E-state index in [9.17, 15) is 14.7 Å². The van der Waals surface area contributed by atoms with Crippen LogP contribution in [0.15, 0.2) is 15.8 Å². The number of aromatic nitrogens is 2. The van der Waals surface area contributed by atoms with Crippen molar-refractivity contribution in [3.05, 3.63) is 32.6 Å². The van der Waals surface area contributed by atoms with Crippen LogP contribution in [0.5, 0.6) is 0 Å². The Hall–Kier alpha value is -1.40. The SMILES string of the molecule is Cc1cn(C)c(=O)n(CCCCCCCC(O)CO)c1=O. The zero-order valence-corrected chi connectivity index (χ0v) is 12.9. The lowest BCUT2D eigenvalue weighted by molar-refractivity contribution is 0.0860. The maximum absolute atomic E-state index is 11.9. The van der Waals surface area contributed by atoms with Crippen LogP contribution in [0.3, 0.4) is 0 Å². The van der Waals surface area contributed by atoms with Crippen molar-refractivity contribution in [2.45, 2.75) is 58.1 Å². The summed E-state index contributed by atoms with van der Waals surface area (Å²) in [5.41, 5.74) is 0.107. The molecular formula is C15H26N2O4. The van der Waals surface area contributed by atoms with E-state index in [4.69, 9.17) is 5.11 Å². The number of rotatable bonds is 9. The van der Waals surface area contributed by atoms with Crippen molar-refractivity contribution >= 4 is 0 Å². The number of unbranched alkanes of at least 4 members (excludes halogenated alkanes) is 4. The maximum Gasteiger partial charge on any atom is 0.330 e. The van der Waals surface area contributed by atoms with Gasteiger partial charge in [-0.05, 0) is 19.8 Å². The summed E-state index contributed by atoms with van der Waals surface area (Å²) in [7, 11) is 1.65. The number of aliphatic hydroxyl groups excluding tert-OH is 2. The molecule has 6 nitrogen and oxygen atoms in total. The quantitative estimate of drug-likeness (QED) is 0.652. The van der Waals surface area contributed by atoms with E-state index in [1.807, 2.05) is 0 Å². The first-order valence-electron chi connectivity index (χ1n) is 7.53. The second-order valence-corrected chi connectivity index (χ2v) is 5.56. The predicted molar refractivity (Wildman–Crippen MR) is 81.5 cm³/mol. The standard InChI is InChI=1S/C15H26N2O4/c1-12-10-16(2)15(21)17(14(12)20)9-7-5-3-4-6-8-13(19)11-18/h10,13,18-19H,3-9,11H2,1-2H3. The molecule has 1 atom stereocenters. The van der Waals surface area contributed by atoms with Crippen LogP contribution in [0.25, 0.3) is 0 Å². The summed E-state index contributed by atoms with van der Waals surface area (Å²) < 4.78 is 2.73. The van der Waals surface area contributed by atoms with Crippen molar-refractivity contribution in [3.8, 4) is 0 Å². The molecule has 0 saturated carbocycles. The molecule has 1 rings (SSSR count). The third kappa shape index (κ3) is 5.47. The van der Waals surface area contributed by atoms with Crippen LogP contribution >= 0.6 is 0 Å². The van der Waals surface area contributed by atoms with Gasteiger partial charge < -0.3 is 14.8 Å². The summed E-state index contributed by atoms with van der Waals surface area (Å²) in [4.78, 5) is 23.8. The Morgan fingerprint density at radius 2 is 1.76 bits per heavy atom. The lowest BCUT2D eigenvalue weighted by Crippen LogP contribution is -2.39. The van der Waals surface area contributed by atoms with Gasteiger partial charge in [-0.1, -0.05) is 25.7 Å². The molecule has 1 heterocycles. The zero-order valence-electron chi connectivity index (χ0n) is 12.9. The van der Waals surface area contributed by atoms with Gasteiger partial charge in [0.2, 0.25) is 0 Å². The molecule has 2 N–H and O–H groups in total. The fourth-order valence-electron chi connectivity index (χ4n) is 2.36.